The number of carbonyl (C=O) groups is 2. The Hall–Kier alpha value is -2.00. The Labute approximate surface area is 96.5 Å². The first-order chi connectivity index (χ1) is 7.63. The van der Waals surface area contributed by atoms with Gasteiger partial charge in [-0.2, -0.15) is 11.3 Å². The van der Waals surface area contributed by atoms with Gasteiger partial charge in [-0.1, -0.05) is 0 Å². The maximum atomic E-state index is 11.4. The van der Waals surface area contributed by atoms with E-state index >= 15 is 0 Å². The fourth-order valence-electron chi connectivity index (χ4n) is 0.979. The lowest BCUT2D eigenvalue weighted by atomic mass is 10.2. The number of amides is 2. The molecular weight excluding hydrogens is 228 g/mol. The van der Waals surface area contributed by atoms with Gasteiger partial charge in [0.2, 0.25) is 0 Å². The fourth-order valence-corrected chi connectivity index (χ4v) is 1.57. The van der Waals surface area contributed by atoms with E-state index in [1.165, 1.54) is 11.3 Å². The van der Waals surface area contributed by atoms with Gasteiger partial charge in [-0.15, -0.1) is 12.3 Å². The van der Waals surface area contributed by atoms with E-state index in [4.69, 9.17) is 11.5 Å². The van der Waals surface area contributed by atoms with Crippen LogP contribution in [-0.4, -0.2) is 23.1 Å². The Morgan fingerprint density at radius 2 is 2.38 bits per heavy atom. The Kier molecular flexibility index (Phi) is 4.36. The number of carboxylic acid groups (broad SMARTS) is 1. The van der Waals surface area contributed by atoms with Gasteiger partial charge < -0.3 is 15.7 Å². The van der Waals surface area contributed by atoms with Crippen LogP contribution in [0.5, 0.6) is 0 Å². The van der Waals surface area contributed by atoms with Crippen molar-refractivity contribution in [2.75, 3.05) is 5.32 Å². The quantitative estimate of drug-likeness (QED) is 0.693. The lowest BCUT2D eigenvalue weighted by Crippen LogP contribution is -2.42. The van der Waals surface area contributed by atoms with Crippen LogP contribution in [0.3, 0.4) is 0 Å². The molecule has 1 aromatic heterocycles. The van der Waals surface area contributed by atoms with Gasteiger partial charge in [0.1, 0.15) is 6.04 Å². The molecule has 1 heterocycles. The molecule has 2 amide bonds. The Bertz CT molecular complexity index is 408. The number of carboxylic acids is 1. The van der Waals surface area contributed by atoms with Crippen LogP contribution in [0, 0.1) is 12.3 Å². The highest BCUT2D eigenvalue weighted by Gasteiger charge is 2.18. The van der Waals surface area contributed by atoms with Gasteiger partial charge in [0.25, 0.3) is 0 Å². The van der Waals surface area contributed by atoms with E-state index in [9.17, 15) is 9.59 Å². The lowest BCUT2D eigenvalue weighted by molar-refractivity contribution is -0.139. The van der Waals surface area contributed by atoms with E-state index in [1.807, 2.05) is 0 Å². The second-order valence-corrected chi connectivity index (χ2v) is 3.69. The predicted octanol–water partition coefficient (Wildman–Crippen LogP) is 1.35. The van der Waals surface area contributed by atoms with Crippen molar-refractivity contribution < 1.29 is 14.7 Å². The van der Waals surface area contributed by atoms with Crippen LogP contribution in [-0.2, 0) is 4.79 Å². The monoisotopic (exact) mass is 238 g/mol. The molecule has 5 nitrogen and oxygen atoms in total. The summed E-state index contributed by atoms with van der Waals surface area (Å²) in [7, 11) is 0. The first-order valence-corrected chi connectivity index (χ1v) is 5.33. The Morgan fingerprint density at radius 1 is 1.62 bits per heavy atom. The van der Waals surface area contributed by atoms with Gasteiger partial charge in [-0.05, 0) is 11.4 Å². The van der Waals surface area contributed by atoms with Gasteiger partial charge in [0.15, 0.2) is 0 Å². The molecule has 0 fully saturated rings. The minimum Gasteiger partial charge on any atom is -0.480 e. The van der Waals surface area contributed by atoms with E-state index in [-0.39, 0.29) is 6.42 Å². The number of thiophene rings is 1. The molecule has 0 aliphatic rings. The van der Waals surface area contributed by atoms with Crippen molar-refractivity contribution in [3.8, 4) is 12.3 Å². The predicted molar refractivity (Wildman–Crippen MR) is 61.3 cm³/mol. The Morgan fingerprint density at radius 3 is 2.88 bits per heavy atom. The van der Waals surface area contributed by atoms with Crippen molar-refractivity contribution in [3.05, 3.63) is 16.8 Å². The van der Waals surface area contributed by atoms with Crippen molar-refractivity contribution in [1.29, 1.82) is 0 Å². The zero-order valence-corrected chi connectivity index (χ0v) is 9.08. The van der Waals surface area contributed by atoms with Crippen LogP contribution in [0.15, 0.2) is 16.8 Å². The highest BCUT2D eigenvalue weighted by Crippen LogP contribution is 2.11. The van der Waals surface area contributed by atoms with Crippen LogP contribution in [0.1, 0.15) is 6.42 Å². The molecule has 1 unspecified atom stereocenters. The first kappa shape index (κ1) is 12.1. The molecule has 0 aliphatic heterocycles. The molecule has 0 radical (unpaired) electrons. The minimum absolute atomic E-state index is 0.0492. The van der Waals surface area contributed by atoms with E-state index < -0.39 is 18.0 Å². The molecule has 84 valence electrons. The average Bonchev–Trinajstić information content (AvgIpc) is 2.69. The van der Waals surface area contributed by atoms with Crippen LogP contribution in [0.2, 0.25) is 0 Å². The molecule has 3 N–H and O–H groups in total. The van der Waals surface area contributed by atoms with Gasteiger partial charge in [-0.3, -0.25) is 0 Å². The fraction of sp³-hybridized carbons (Fsp3) is 0.200. The third-order valence-electron chi connectivity index (χ3n) is 1.70. The van der Waals surface area contributed by atoms with Gasteiger partial charge >= 0.3 is 12.0 Å². The zero-order valence-electron chi connectivity index (χ0n) is 8.27. The van der Waals surface area contributed by atoms with E-state index in [1.54, 1.807) is 16.8 Å². The molecule has 1 rings (SSSR count). The number of hydrogen-bond acceptors (Lipinski definition) is 3. The second kappa shape index (κ2) is 5.78. The molecule has 6 heteroatoms. The minimum atomic E-state index is -1.15. The van der Waals surface area contributed by atoms with Crippen molar-refractivity contribution >= 4 is 29.0 Å². The molecule has 16 heavy (non-hydrogen) atoms. The highest BCUT2D eigenvalue weighted by molar-refractivity contribution is 7.08. The summed E-state index contributed by atoms with van der Waals surface area (Å²) in [4.78, 5) is 22.0. The average molecular weight is 238 g/mol. The third-order valence-corrected chi connectivity index (χ3v) is 2.39. The maximum Gasteiger partial charge on any atom is 0.327 e. The van der Waals surface area contributed by atoms with Gasteiger partial charge in [0.05, 0.1) is 5.69 Å². The summed E-state index contributed by atoms with van der Waals surface area (Å²) in [6, 6.07) is 0.0611. The number of aliphatic carboxylic acids is 1. The van der Waals surface area contributed by atoms with Crippen molar-refractivity contribution in [2.45, 2.75) is 12.5 Å². The van der Waals surface area contributed by atoms with Crippen LogP contribution >= 0.6 is 11.3 Å². The molecule has 1 aromatic rings. The number of rotatable bonds is 4. The Balaban J connectivity index is 2.49. The van der Waals surface area contributed by atoms with Gasteiger partial charge in [-0.25, -0.2) is 9.59 Å². The number of urea groups is 1. The number of terminal acetylenes is 1. The van der Waals surface area contributed by atoms with Crippen molar-refractivity contribution in [3.63, 3.8) is 0 Å². The molecule has 0 saturated heterocycles. The summed E-state index contributed by atoms with van der Waals surface area (Å²) in [6.45, 7) is 0. The normalized spacial score (nSPS) is 11.2. The van der Waals surface area contributed by atoms with Crippen LogP contribution in [0.4, 0.5) is 10.5 Å². The smallest absolute Gasteiger partial charge is 0.327 e. The number of anilines is 1. The number of hydrogen-bond donors (Lipinski definition) is 3. The van der Waals surface area contributed by atoms with Gasteiger partial charge in [0, 0.05) is 11.8 Å². The standard InChI is InChI=1S/C10H10N2O3S/c1-2-3-8(9(13)14)12-10(15)11-7-4-5-16-6-7/h1,4-6,8H,3H2,(H,13,14)(H2,11,12,15). The second-order valence-electron chi connectivity index (χ2n) is 2.91. The number of carbonyl (C=O) groups excluding carboxylic acids is 1. The summed E-state index contributed by atoms with van der Waals surface area (Å²) in [5.74, 6) is 1.04. The summed E-state index contributed by atoms with van der Waals surface area (Å²) in [6.07, 6.45) is 4.95. The topological polar surface area (TPSA) is 78.4 Å². The maximum absolute atomic E-state index is 11.4. The van der Waals surface area contributed by atoms with Crippen molar-refractivity contribution in [1.82, 2.24) is 5.32 Å². The highest BCUT2D eigenvalue weighted by atomic mass is 32.1. The zero-order chi connectivity index (χ0) is 12.0. The van der Waals surface area contributed by atoms with E-state index in [0.717, 1.165) is 0 Å². The molecule has 0 spiro atoms. The lowest BCUT2D eigenvalue weighted by Gasteiger charge is -2.11. The van der Waals surface area contributed by atoms with Crippen molar-refractivity contribution in [2.24, 2.45) is 0 Å². The SMILES string of the molecule is C#CCC(NC(=O)Nc1ccsc1)C(=O)O. The molecule has 0 bridgehead atoms. The summed E-state index contributed by atoms with van der Waals surface area (Å²) >= 11 is 1.43. The summed E-state index contributed by atoms with van der Waals surface area (Å²) in [5, 5.41) is 17.0. The third kappa shape index (κ3) is 3.63. The molecule has 0 aliphatic carbocycles. The molecule has 0 aromatic carbocycles. The summed E-state index contributed by atoms with van der Waals surface area (Å²) in [5.41, 5.74) is 0.618. The van der Waals surface area contributed by atoms with E-state index in [0.29, 0.717) is 5.69 Å². The molecule has 0 saturated carbocycles. The largest absolute Gasteiger partial charge is 0.480 e. The summed E-state index contributed by atoms with van der Waals surface area (Å²) < 4.78 is 0. The van der Waals surface area contributed by atoms with Crippen LogP contribution in [0.25, 0.3) is 0 Å². The molecular formula is C10H10N2O3S. The van der Waals surface area contributed by atoms with Crippen LogP contribution < -0.4 is 10.6 Å². The molecule has 1 atom stereocenters. The first-order valence-electron chi connectivity index (χ1n) is 4.39. The number of nitrogens with one attached hydrogen (secondary N) is 2. The van der Waals surface area contributed by atoms with E-state index in [2.05, 4.69) is 16.6 Å².